The monoisotopic (exact) mass is 374 g/mol. The van der Waals surface area contributed by atoms with E-state index >= 15 is 0 Å². The number of benzene rings is 1. The van der Waals surface area contributed by atoms with Crippen molar-refractivity contribution in [3.63, 3.8) is 0 Å². The Balaban J connectivity index is 1.56. The molecule has 1 aromatic heterocycles. The SMILES string of the molecule is Cc1ccc(/C=N\N=C2/NC(=O)[C@@H](CC(=O)Nc3ccccc3F)S2)o1. The van der Waals surface area contributed by atoms with Gasteiger partial charge < -0.3 is 15.1 Å². The zero-order valence-electron chi connectivity index (χ0n) is 13.7. The molecular weight excluding hydrogens is 359 g/mol. The lowest BCUT2D eigenvalue weighted by molar-refractivity contribution is -0.122. The van der Waals surface area contributed by atoms with Gasteiger partial charge in [0.1, 0.15) is 22.6 Å². The van der Waals surface area contributed by atoms with Crippen LogP contribution in [0.2, 0.25) is 0 Å². The van der Waals surface area contributed by atoms with Gasteiger partial charge in [-0.2, -0.15) is 5.10 Å². The van der Waals surface area contributed by atoms with Crippen molar-refractivity contribution >= 4 is 40.6 Å². The third-order valence-electron chi connectivity index (χ3n) is 3.39. The Morgan fingerprint density at radius 2 is 2.19 bits per heavy atom. The Morgan fingerprint density at radius 1 is 1.38 bits per heavy atom. The van der Waals surface area contributed by atoms with E-state index in [2.05, 4.69) is 20.8 Å². The lowest BCUT2D eigenvalue weighted by Crippen LogP contribution is -2.28. The van der Waals surface area contributed by atoms with Gasteiger partial charge >= 0.3 is 0 Å². The van der Waals surface area contributed by atoms with E-state index in [0.717, 1.165) is 17.5 Å². The van der Waals surface area contributed by atoms with E-state index in [1.165, 1.54) is 24.4 Å². The smallest absolute Gasteiger partial charge is 0.240 e. The topological polar surface area (TPSA) is 96.1 Å². The Kier molecular flexibility index (Phi) is 5.47. The van der Waals surface area contributed by atoms with Crippen LogP contribution in [0, 0.1) is 12.7 Å². The molecule has 3 rings (SSSR count). The second kappa shape index (κ2) is 7.96. The number of hydrogen-bond donors (Lipinski definition) is 2. The fourth-order valence-corrected chi connectivity index (χ4v) is 3.10. The normalized spacial score (nSPS) is 18.5. The minimum atomic E-state index is -0.651. The molecule has 1 fully saturated rings. The fraction of sp³-hybridized carbons (Fsp3) is 0.176. The molecular formula is C17H15FN4O3S. The molecule has 1 aromatic carbocycles. The molecule has 2 amide bonds. The molecule has 0 radical (unpaired) electrons. The largest absolute Gasteiger partial charge is 0.460 e. The lowest BCUT2D eigenvalue weighted by Gasteiger charge is -2.07. The number of para-hydroxylation sites is 1. The summed E-state index contributed by atoms with van der Waals surface area (Å²) in [6.07, 6.45) is 1.32. The molecule has 0 bridgehead atoms. The van der Waals surface area contributed by atoms with Gasteiger partial charge in [0.05, 0.1) is 11.9 Å². The molecule has 2 N–H and O–H groups in total. The molecule has 1 aliphatic rings. The summed E-state index contributed by atoms with van der Waals surface area (Å²) < 4.78 is 18.9. The van der Waals surface area contributed by atoms with Crippen molar-refractivity contribution < 1.29 is 18.4 Å². The highest BCUT2D eigenvalue weighted by molar-refractivity contribution is 8.15. The lowest BCUT2D eigenvalue weighted by atomic mass is 10.2. The first-order valence-electron chi connectivity index (χ1n) is 7.70. The summed E-state index contributed by atoms with van der Waals surface area (Å²) in [6.45, 7) is 1.81. The average Bonchev–Trinajstić information content (AvgIpc) is 3.16. The van der Waals surface area contributed by atoms with Gasteiger partial charge in [0, 0.05) is 6.42 Å². The highest BCUT2D eigenvalue weighted by Gasteiger charge is 2.32. The van der Waals surface area contributed by atoms with Crippen LogP contribution in [-0.2, 0) is 9.59 Å². The molecule has 2 aromatic rings. The first kappa shape index (κ1) is 17.9. The molecule has 26 heavy (non-hydrogen) atoms. The van der Waals surface area contributed by atoms with Crippen molar-refractivity contribution in [1.29, 1.82) is 0 Å². The number of carbonyl (C=O) groups is 2. The van der Waals surface area contributed by atoms with Crippen LogP contribution in [0.3, 0.4) is 0 Å². The second-order valence-electron chi connectivity index (χ2n) is 5.43. The third-order valence-corrected chi connectivity index (χ3v) is 4.46. The number of furan rings is 1. The summed E-state index contributed by atoms with van der Waals surface area (Å²) >= 11 is 1.09. The zero-order valence-corrected chi connectivity index (χ0v) is 14.5. The van der Waals surface area contributed by atoms with Crippen molar-refractivity contribution in [2.24, 2.45) is 10.2 Å². The summed E-state index contributed by atoms with van der Waals surface area (Å²) in [7, 11) is 0. The van der Waals surface area contributed by atoms with E-state index in [1.807, 2.05) is 6.92 Å². The van der Waals surface area contributed by atoms with Crippen molar-refractivity contribution in [2.45, 2.75) is 18.6 Å². The van der Waals surface area contributed by atoms with E-state index < -0.39 is 17.0 Å². The number of thioether (sulfide) groups is 1. The Bertz CT molecular complexity index is 894. The van der Waals surface area contributed by atoms with E-state index in [4.69, 9.17) is 4.42 Å². The van der Waals surface area contributed by atoms with E-state index in [0.29, 0.717) is 10.9 Å². The molecule has 7 nitrogen and oxygen atoms in total. The molecule has 1 atom stereocenters. The minimum absolute atomic E-state index is 0.0770. The third kappa shape index (κ3) is 4.57. The number of rotatable bonds is 5. The molecule has 1 aliphatic heterocycles. The first-order chi connectivity index (χ1) is 12.5. The molecule has 134 valence electrons. The average molecular weight is 374 g/mol. The first-order valence-corrected chi connectivity index (χ1v) is 8.58. The highest BCUT2D eigenvalue weighted by atomic mass is 32.2. The van der Waals surface area contributed by atoms with Crippen molar-refractivity contribution in [3.05, 3.63) is 53.7 Å². The molecule has 0 saturated carbocycles. The van der Waals surface area contributed by atoms with Gasteiger partial charge in [0.25, 0.3) is 0 Å². The van der Waals surface area contributed by atoms with Gasteiger partial charge in [0.15, 0.2) is 5.17 Å². The standard InChI is InChI=1S/C17H15FN4O3S/c1-10-6-7-11(25-10)9-19-22-17-21-16(24)14(26-17)8-15(23)20-13-5-3-2-4-12(13)18/h2-7,9,14H,8H2,1H3,(H,20,23)(H,21,22,24)/b19-9-/t14-/m1/s1. The maximum absolute atomic E-state index is 13.5. The summed E-state index contributed by atoms with van der Waals surface area (Å²) in [5.74, 6) is -0.0419. The number of nitrogens with one attached hydrogen (secondary N) is 2. The van der Waals surface area contributed by atoms with Gasteiger partial charge in [-0.25, -0.2) is 4.39 Å². The fourth-order valence-electron chi connectivity index (χ4n) is 2.18. The maximum Gasteiger partial charge on any atom is 0.240 e. The second-order valence-corrected chi connectivity index (χ2v) is 6.62. The number of hydrogen-bond acceptors (Lipinski definition) is 6. The number of amides is 2. The van der Waals surface area contributed by atoms with Gasteiger partial charge in [-0.1, -0.05) is 23.9 Å². The Morgan fingerprint density at radius 3 is 2.92 bits per heavy atom. The van der Waals surface area contributed by atoms with Crippen molar-refractivity contribution in [2.75, 3.05) is 5.32 Å². The molecule has 0 spiro atoms. The van der Waals surface area contributed by atoms with Crippen molar-refractivity contribution in [3.8, 4) is 0 Å². The van der Waals surface area contributed by atoms with Gasteiger partial charge in [0.2, 0.25) is 11.8 Å². The van der Waals surface area contributed by atoms with Gasteiger partial charge in [-0.15, -0.1) is 5.10 Å². The number of nitrogens with zero attached hydrogens (tertiary/aromatic N) is 2. The molecule has 2 heterocycles. The van der Waals surface area contributed by atoms with Crippen LogP contribution in [0.1, 0.15) is 17.9 Å². The van der Waals surface area contributed by atoms with Crippen LogP contribution in [0.4, 0.5) is 10.1 Å². The molecule has 0 unspecified atom stereocenters. The quantitative estimate of drug-likeness (QED) is 0.621. The summed E-state index contributed by atoms with van der Waals surface area (Å²) in [4.78, 5) is 24.0. The van der Waals surface area contributed by atoms with Crippen LogP contribution in [0.5, 0.6) is 0 Å². The van der Waals surface area contributed by atoms with E-state index in [-0.39, 0.29) is 18.0 Å². The van der Waals surface area contributed by atoms with Crippen LogP contribution in [0.25, 0.3) is 0 Å². The summed E-state index contributed by atoms with van der Waals surface area (Å²) in [5, 5.41) is 12.4. The van der Waals surface area contributed by atoms with Crippen LogP contribution >= 0.6 is 11.8 Å². The van der Waals surface area contributed by atoms with Gasteiger partial charge in [-0.3, -0.25) is 9.59 Å². The molecule has 0 aliphatic carbocycles. The summed E-state index contributed by atoms with van der Waals surface area (Å²) in [5.41, 5.74) is 0.0770. The summed E-state index contributed by atoms with van der Waals surface area (Å²) in [6, 6.07) is 9.38. The van der Waals surface area contributed by atoms with Crippen LogP contribution < -0.4 is 10.6 Å². The minimum Gasteiger partial charge on any atom is -0.460 e. The zero-order chi connectivity index (χ0) is 18.5. The predicted octanol–water partition coefficient (Wildman–Crippen LogP) is 2.68. The predicted molar refractivity (Wildman–Crippen MR) is 97.6 cm³/mol. The maximum atomic E-state index is 13.5. The number of amidine groups is 1. The number of carbonyl (C=O) groups excluding carboxylic acids is 2. The number of aryl methyl sites for hydroxylation is 1. The Hall–Kier alpha value is -2.94. The van der Waals surface area contributed by atoms with E-state index in [9.17, 15) is 14.0 Å². The number of halogens is 1. The molecule has 9 heteroatoms. The Labute approximate surface area is 152 Å². The van der Waals surface area contributed by atoms with Crippen molar-refractivity contribution in [1.82, 2.24) is 5.32 Å². The molecule has 1 saturated heterocycles. The number of anilines is 1. The van der Waals surface area contributed by atoms with Crippen LogP contribution in [-0.4, -0.2) is 28.4 Å². The van der Waals surface area contributed by atoms with Crippen LogP contribution in [0.15, 0.2) is 51.0 Å². The van der Waals surface area contributed by atoms with E-state index in [1.54, 1.807) is 18.2 Å². The highest BCUT2D eigenvalue weighted by Crippen LogP contribution is 2.23. The van der Waals surface area contributed by atoms with Gasteiger partial charge in [-0.05, 0) is 31.2 Å².